The van der Waals surface area contributed by atoms with Crippen molar-refractivity contribution in [3.63, 3.8) is 0 Å². The number of rotatable bonds is 26. The summed E-state index contributed by atoms with van der Waals surface area (Å²) < 4.78 is 337. The Bertz CT molecular complexity index is 4310. The first-order chi connectivity index (χ1) is 54.5. The molecule has 0 aliphatic carbocycles. The number of halogens is 20. The van der Waals surface area contributed by atoms with Gasteiger partial charge in [0.1, 0.15) is 26.4 Å². The number of ether oxygens (including phenoxy) is 12. The highest BCUT2D eigenvalue weighted by atomic mass is 19.2. The molecule has 12 rings (SSSR count). The summed E-state index contributed by atoms with van der Waals surface area (Å²) in [4.78, 5) is 0. The van der Waals surface area contributed by atoms with E-state index in [-0.39, 0.29) is 68.2 Å². The molecule has 4 fully saturated rings. The van der Waals surface area contributed by atoms with Gasteiger partial charge in [-0.15, -0.1) is 0 Å². The highest BCUT2D eigenvalue weighted by molar-refractivity contribution is 5.37. The minimum absolute atomic E-state index is 0.109. The van der Waals surface area contributed by atoms with Crippen LogP contribution in [-0.2, 0) is 64.3 Å². The molecule has 0 bridgehead atoms. The smallest absolute Gasteiger partial charge is 0.194 e. The van der Waals surface area contributed by atoms with Gasteiger partial charge in [0.15, 0.2) is 165 Å². The maximum Gasteiger partial charge on any atom is 0.194 e. The zero-order valence-corrected chi connectivity index (χ0v) is 61.9. The van der Waals surface area contributed by atoms with Crippen molar-refractivity contribution in [2.45, 2.75) is 143 Å². The van der Waals surface area contributed by atoms with Gasteiger partial charge in [0.05, 0.1) is 52.9 Å². The van der Waals surface area contributed by atoms with Gasteiger partial charge in [-0.3, -0.25) is 0 Å². The Morgan fingerprint density at radius 1 is 0.237 bits per heavy atom. The van der Waals surface area contributed by atoms with E-state index in [2.05, 4.69) is 13.8 Å². The van der Waals surface area contributed by atoms with Gasteiger partial charge >= 0.3 is 0 Å². The lowest BCUT2D eigenvalue weighted by molar-refractivity contribution is -0.206. The molecule has 4 heterocycles. The van der Waals surface area contributed by atoms with Crippen molar-refractivity contribution in [2.75, 3.05) is 52.9 Å². The van der Waals surface area contributed by atoms with Crippen LogP contribution in [0, 0.1) is 140 Å². The quantitative estimate of drug-likeness (QED) is 0.0292. The summed E-state index contributed by atoms with van der Waals surface area (Å²) in [6, 6.07) is 13.8. The van der Waals surface area contributed by atoms with Crippen LogP contribution in [0.2, 0.25) is 0 Å². The van der Waals surface area contributed by atoms with Crippen LogP contribution >= 0.6 is 0 Å². The van der Waals surface area contributed by atoms with Gasteiger partial charge in [-0.1, -0.05) is 66.2 Å². The zero-order chi connectivity index (χ0) is 82.4. The Labute approximate surface area is 643 Å². The number of unbranched alkanes of at least 4 members (excludes halogenated alkanes) is 3. The molecule has 4 aliphatic heterocycles. The molecule has 0 amide bonds. The normalized spacial score (nSPS) is 19.5. The molecule has 0 aromatic heterocycles. The second-order valence-electron chi connectivity index (χ2n) is 27.2. The van der Waals surface area contributed by atoms with E-state index in [1.807, 2.05) is 13.8 Å². The van der Waals surface area contributed by atoms with E-state index in [0.29, 0.717) is 101 Å². The second-order valence-corrected chi connectivity index (χ2v) is 27.2. The molecular formula is C82H80F20O12. The standard InChI is InChI=1S/C22H23F5O3.C21H21F5O3.C20H19F5O3.C19H17F5O3/c1-2-3-4-5-13-10-29-22(30-11-13)15-8-18(25)21(19(26)9-15)28-12-14-6-16(23)20(27)17(24)7-14;1-2-3-4-12-9-28-21(29-10-12)14-7-17(24)20(18(25)8-14)27-11-13-5-15(22)19(26)16(23)6-13;1-2-3-11-8-27-20(28-9-11)13-6-16(23)19(17(24)7-13)26-10-12-4-14(21)18(25)15(22)5-12;1-2-10-7-26-19(27-8-10)12-5-15(22)18(16(23)6-12)25-9-11-3-13(20)17(24)14(21)4-11/h6-9,13,22H,2-5,10-12H2,1H3;5-8,12,21H,2-4,9-11H2,1H3;4-7,11,20H,2-3,8-10H2,1H3;3-6,10,19H,2,7-9H2,1H3. The summed E-state index contributed by atoms with van der Waals surface area (Å²) in [5.74, 6) is -27.8. The molecule has 0 radical (unpaired) electrons. The molecule has 0 saturated carbocycles. The fourth-order valence-corrected chi connectivity index (χ4v) is 12.1. The molecule has 0 spiro atoms. The van der Waals surface area contributed by atoms with Crippen LogP contribution in [0.15, 0.2) is 97.1 Å². The van der Waals surface area contributed by atoms with Gasteiger partial charge in [0.25, 0.3) is 0 Å². The Morgan fingerprint density at radius 3 is 0.640 bits per heavy atom. The second kappa shape index (κ2) is 42.7. The van der Waals surface area contributed by atoms with Gasteiger partial charge in [0.2, 0.25) is 0 Å². The summed E-state index contributed by atoms with van der Waals surface area (Å²) in [5, 5.41) is 0. The Balaban J connectivity index is 0.000000174. The third-order valence-electron chi connectivity index (χ3n) is 18.2. The fourth-order valence-electron chi connectivity index (χ4n) is 12.1. The third kappa shape index (κ3) is 24.6. The molecule has 32 heteroatoms. The van der Waals surface area contributed by atoms with Gasteiger partial charge in [0, 0.05) is 45.9 Å². The fraction of sp³-hybridized carbons (Fsp3) is 0.415. The first-order valence-corrected chi connectivity index (χ1v) is 36.5. The Morgan fingerprint density at radius 2 is 0.439 bits per heavy atom. The maximum absolute atomic E-state index is 14.4. The lowest BCUT2D eigenvalue weighted by Crippen LogP contribution is -2.27. The summed E-state index contributed by atoms with van der Waals surface area (Å²) in [7, 11) is 0. The SMILES string of the molecule is CCC1COC(c2cc(F)c(OCc3cc(F)c(F)c(F)c3)c(F)c2)OC1.CCCC1COC(c2cc(F)c(OCc3cc(F)c(F)c(F)c3)c(F)c2)OC1.CCCCC1COC(c2cc(F)c(OCc3cc(F)c(F)c(F)c3)c(F)c2)OC1.CCCCCC1COC(c2cc(F)c(OCc3cc(F)c(F)c(F)c3)c(F)c2)OC1. The molecule has 8 aromatic rings. The topological polar surface area (TPSA) is 111 Å². The van der Waals surface area contributed by atoms with Gasteiger partial charge < -0.3 is 56.8 Å². The van der Waals surface area contributed by atoms with Gasteiger partial charge in [-0.2, -0.15) is 0 Å². The number of hydrogen-bond acceptors (Lipinski definition) is 12. The number of hydrogen-bond donors (Lipinski definition) is 0. The lowest BCUT2D eigenvalue weighted by Gasteiger charge is -2.29. The van der Waals surface area contributed by atoms with E-state index < -0.39 is 191 Å². The van der Waals surface area contributed by atoms with Crippen LogP contribution in [0.4, 0.5) is 87.8 Å². The van der Waals surface area contributed by atoms with Crippen LogP contribution in [-0.4, -0.2) is 52.9 Å². The molecule has 0 N–H and O–H groups in total. The predicted octanol–water partition coefficient (Wildman–Crippen LogP) is 22.5. The number of benzene rings is 8. The van der Waals surface area contributed by atoms with E-state index in [1.54, 1.807) is 0 Å². The summed E-state index contributed by atoms with van der Waals surface area (Å²) in [6.45, 7) is 9.53. The van der Waals surface area contributed by atoms with Crippen LogP contribution < -0.4 is 18.9 Å². The van der Waals surface area contributed by atoms with Crippen molar-refractivity contribution in [3.8, 4) is 23.0 Å². The van der Waals surface area contributed by atoms with Crippen LogP contribution in [0.3, 0.4) is 0 Å². The van der Waals surface area contributed by atoms with Gasteiger partial charge in [-0.25, -0.2) is 87.8 Å². The van der Waals surface area contributed by atoms with Gasteiger partial charge in [-0.05, 0) is 145 Å². The molecule has 114 heavy (non-hydrogen) atoms. The average molecular weight is 1640 g/mol. The first kappa shape index (κ1) is 89.2. The molecule has 4 saturated heterocycles. The summed E-state index contributed by atoms with van der Waals surface area (Å²) in [5.41, 5.74) is 0.216. The van der Waals surface area contributed by atoms with Crippen LogP contribution in [0.25, 0.3) is 0 Å². The van der Waals surface area contributed by atoms with Crippen LogP contribution in [0.5, 0.6) is 23.0 Å². The first-order valence-electron chi connectivity index (χ1n) is 36.5. The van der Waals surface area contributed by atoms with Crippen molar-refractivity contribution in [1.29, 1.82) is 0 Å². The average Bonchev–Trinajstić information content (AvgIpc) is 0.820. The Kier molecular flexibility index (Phi) is 33.4. The molecule has 0 unspecified atom stereocenters. The van der Waals surface area contributed by atoms with E-state index in [1.165, 1.54) is 0 Å². The summed E-state index contributed by atoms with van der Waals surface area (Å²) >= 11 is 0. The Hall–Kier alpha value is -8.76. The predicted molar refractivity (Wildman–Crippen MR) is 369 cm³/mol. The van der Waals surface area contributed by atoms with E-state index >= 15 is 0 Å². The molecule has 620 valence electrons. The van der Waals surface area contributed by atoms with Crippen molar-refractivity contribution < 1.29 is 145 Å². The van der Waals surface area contributed by atoms with Crippen molar-refractivity contribution in [2.24, 2.45) is 23.7 Å². The highest BCUT2D eigenvalue weighted by Gasteiger charge is 2.32. The van der Waals surface area contributed by atoms with E-state index in [0.717, 1.165) is 113 Å². The summed E-state index contributed by atoms with van der Waals surface area (Å²) in [6.07, 6.45) is 6.64. The van der Waals surface area contributed by atoms with Crippen LogP contribution in [0.1, 0.15) is 162 Å². The molecule has 4 aliphatic rings. The maximum atomic E-state index is 14.4. The van der Waals surface area contributed by atoms with E-state index in [9.17, 15) is 87.8 Å². The third-order valence-corrected chi connectivity index (χ3v) is 18.2. The van der Waals surface area contributed by atoms with Crippen molar-refractivity contribution in [3.05, 3.63) is 258 Å². The molecule has 8 aromatic carbocycles. The lowest BCUT2D eigenvalue weighted by atomic mass is 10.0. The minimum atomic E-state index is -1.63. The van der Waals surface area contributed by atoms with E-state index in [4.69, 9.17) is 56.8 Å². The molecular weight excluding hydrogens is 1560 g/mol. The molecule has 0 atom stereocenters. The van der Waals surface area contributed by atoms with Crippen molar-refractivity contribution >= 4 is 0 Å². The monoisotopic (exact) mass is 1640 g/mol. The van der Waals surface area contributed by atoms with Crippen molar-refractivity contribution in [1.82, 2.24) is 0 Å². The zero-order valence-electron chi connectivity index (χ0n) is 61.9. The highest BCUT2D eigenvalue weighted by Crippen LogP contribution is 2.38. The molecule has 12 nitrogen and oxygen atoms in total. The largest absolute Gasteiger partial charge is 0.483 e. The minimum Gasteiger partial charge on any atom is -0.483 e.